The molecular weight excluding hydrogens is 377 g/mol. The van der Waals surface area contributed by atoms with Crippen molar-refractivity contribution in [3.63, 3.8) is 0 Å². The normalized spacial score (nSPS) is 25.9. The number of alkyl halides is 2. The van der Waals surface area contributed by atoms with Gasteiger partial charge < -0.3 is 9.84 Å². The zero-order valence-corrected chi connectivity index (χ0v) is 16.6. The molecule has 1 aliphatic carbocycles. The second-order valence-electron chi connectivity index (χ2n) is 8.48. The van der Waals surface area contributed by atoms with Crippen molar-refractivity contribution in [3.8, 4) is 11.5 Å². The summed E-state index contributed by atoms with van der Waals surface area (Å²) in [6.07, 6.45) is 3.73. The van der Waals surface area contributed by atoms with Crippen molar-refractivity contribution in [2.75, 3.05) is 0 Å². The van der Waals surface area contributed by atoms with Crippen LogP contribution in [-0.2, 0) is 6.42 Å². The number of rotatable bonds is 4. The van der Waals surface area contributed by atoms with Crippen LogP contribution in [0.3, 0.4) is 0 Å². The van der Waals surface area contributed by atoms with Gasteiger partial charge in [0.05, 0.1) is 5.92 Å². The summed E-state index contributed by atoms with van der Waals surface area (Å²) in [7, 11) is 0. The molecule has 4 rings (SSSR count). The van der Waals surface area contributed by atoms with Gasteiger partial charge in [0.2, 0.25) is 5.82 Å². The Kier molecular flexibility index (Phi) is 5.50. The maximum Gasteiger partial charge on any atom is 0.405 e. The van der Waals surface area contributed by atoms with E-state index < -0.39 is 29.3 Å². The van der Waals surface area contributed by atoms with Crippen molar-refractivity contribution in [1.82, 2.24) is 0 Å². The van der Waals surface area contributed by atoms with Gasteiger partial charge in [-0.3, -0.25) is 0 Å². The molecule has 1 saturated carbocycles. The number of phenols is 1. The molecule has 0 spiro atoms. The van der Waals surface area contributed by atoms with Crippen LogP contribution >= 0.6 is 0 Å². The predicted molar refractivity (Wildman–Crippen MR) is 106 cm³/mol. The first kappa shape index (κ1) is 20.1. The molecular formula is C24H27F3O2. The van der Waals surface area contributed by atoms with Crippen LogP contribution in [-0.4, -0.2) is 11.2 Å². The maximum absolute atomic E-state index is 14.6. The van der Waals surface area contributed by atoms with Gasteiger partial charge in [-0.05, 0) is 66.7 Å². The zero-order chi connectivity index (χ0) is 20.6. The first-order chi connectivity index (χ1) is 13.9. The van der Waals surface area contributed by atoms with E-state index in [1.165, 1.54) is 43.4 Å². The highest BCUT2D eigenvalue weighted by Gasteiger charge is 2.48. The summed E-state index contributed by atoms with van der Waals surface area (Å²) in [4.78, 5) is 0. The number of benzene rings is 2. The van der Waals surface area contributed by atoms with Crippen molar-refractivity contribution in [2.45, 2.75) is 69.8 Å². The highest BCUT2D eigenvalue weighted by Crippen LogP contribution is 2.47. The first-order valence-corrected chi connectivity index (χ1v) is 10.6. The molecule has 1 fully saturated rings. The van der Waals surface area contributed by atoms with E-state index in [4.69, 9.17) is 4.74 Å². The predicted octanol–water partition coefficient (Wildman–Crippen LogP) is 6.92. The molecule has 0 radical (unpaired) electrons. The summed E-state index contributed by atoms with van der Waals surface area (Å²) in [6, 6.07) is 10.1. The summed E-state index contributed by atoms with van der Waals surface area (Å²) in [5, 5.41) is 9.43. The third-order valence-electron chi connectivity index (χ3n) is 6.58. The van der Waals surface area contributed by atoms with E-state index >= 15 is 0 Å². The number of ether oxygens (including phenoxy) is 1. The van der Waals surface area contributed by atoms with E-state index in [0.29, 0.717) is 17.0 Å². The number of hydrogen-bond donors (Lipinski definition) is 1. The third-order valence-corrected chi connectivity index (χ3v) is 6.58. The van der Waals surface area contributed by atoms with E-state index in [0.717, 1.165) is 18.8 Å². The summed E-state index contributed by atoms with van der Waals surface area (Å²) >= 11 is 0. The summed E-state index contributed by atoms with van der Waals surface area (Å²) in [5.74, 6) is -2.22. The average Bonchev–Trinajstić information content (AvgIpc) is 2.71. The minimum Gasteiger partial charge on any atom is -0.505 e. The quantitative estimate of drug-likeness (QED) is 0.599. The smallest absolute Gasteiger partial charge is 0.405 e. The van der Waals surface area contributed by atoms with E-state index in [1.54, 1.807) is 12.1 Å². The highest BCUT2D eigenvalue weighted by molar-refractivity contribution is 5.45. The Morgan fingerprint density at radius 1 is 1.00 bits per heavy atom. The number of fused-ring (bicyclic) bond motifs is 1. The van der Waals surface area contributed by atoms with Gasteiger partial charge in [-0.15, -0.1) is 0 Å². The molecule has 156 valence electrons. The van der Waals surface area contributed by atoms with Gasteiger partial charge in [0.1, 0.15) is 0 Å². The summed E-state index contributed by atoms with van der Waals surface area (Å²) in [5.41, 5.74) is 2.03. The highest BCUT2D eigenvalue weighted by atomic mass is 19.3. The van der Waals surface area contributed by atoms with Crippen molar-refractivity contribution in [3.05, 3.63) is 58.9 Å². The fraction of sp³-hybridized carbons (Fsp3) is 0.500. The zero-order valence-electron chi connectivity index (χ0n) is 16.6. The second-order valence-corrected chi connectivity index (χ2v) is 8.48. The maximum atomic E-state index is 14.6. The lowest BCUT2D eigenvalue weighted by atomic mass is 9.77. The third kappa shape index (κ3) is 3.96. The first-order valence-electron chi connectivity index (χ1n) is 10.6. The van der Waals surface area contributed by atoms with Gasteiger partial charge in [-0.2, -0.15) is 13.2 Å². The van der Waals surface area contributed by atoms with Crippen molar-refractivity contribution >= 4 is 0 Å². The lowest BCUT2D eigenvalue weighted by molar-refractivity contribution is -0.203. The molecule has 5 heteroatoms. The minimum absolute atomic E-state index is 0.0407. The van der Waals surface area contributed by atoms with Gasteiger partial charge in [0.25, 0.3) is 0 Å². The van der Waals surface area contributed by atoms with Crippen molar-refractivity contribution in [1.29, 1.82) is 0 Å². The minimum atomic E-state index is -3.54. The Bertz CT molecular complexity index is 855. The van der Waals surface area contributed by atoms with E-state index in [9.17, 15) is 18.3 Å². The molecule has 0 bridgehead atoms. The van der Waals surface area contributed by atoms with Gasteiger partial charge in [-0.1, -0.05) is 50.1 Å². The van der Waals surface area contributed by atoms with Crippen LogP contribution in [0.4, 0.5) is 13.2 Å². The number of phenolic OH excluding ortho intramolecular Hbond substituents is 1. The van der Waals surface area contributed by atoms with Gasteiger partial charge >= 0.3 is 6.11 Å². The topological polar surface area (TPSA) is 29.5 Å². The Labute approximate surface area is 169 Å². The largest absolute Gasteiger partial charge is 0.505 e. The van der Waals surface area contributed by atoms with Crippen molar-refractivity contribution < 1.29 is 23.0 Å². The number of halogens is 3. The molecule has 1 heterocycles. The fourth-order valence-corrected chi connectivity index (χ4v) is 4.91. The number of aromatic hydroxyl groups is 1. The van der Waals surface area contributed by atoms with Gasteiger partial charge in [0, 0.05) is 0 Å². The van der Waals surface area contributed by atoms with Crippen LogP contribution in [0.5, 0.6) is 11.5 Å². The SMILES string of the molecule is CCCC1CCC(c2ccc(C3Cc4ccc(O)c(F)c4OC3(F)F)cc2)CC1. The molecule has 29 heavy (non-hydrogen) atoms. The molecule has 2 nitrogen and oxygen atoms in total. The van der Waals surface area contributed by atoms with E-state index in [1.807, 2.05) is 12.1 Å². The Morgan fingerprint density at radius 3 is 2.31 bits per heavy atom. The number of hydrogen-bond acceptors (Lipinski definition) is 2. The van der Waals surface area contributed by atoms with Crippen LogP contribution in [0.1, 0.15) is 74.0 Å². The second kappa shape index (κ2) is 7.92. The summed E-state index contributed by atoms with van der Waals surface area (Å²) in [6.45, 7) is 2.23. The van der Waals surface area contributed by atoms with Crippen molar-refractivity contribution in [2.24, 2.45) is 5.92 Å². The Morgan fingerprint density at radius 2 is 1.66 bits per heavy atom. The standard InChI is InChI=1S/C24H27F3O2/c1-2-3-15-4-6-16(7-5-15)17-8-10-18(11-9-17)20-14-19-12-13-21(28)22(25)23(19)29-24(20,26)27/h8-13,15-16,20,28H,2-7,14H2,1H3. The molecule has 0 aromatic heterocycles. The lowest BCUT2D eigenvalue weighted by Crippen LogP contribution is -2.38. The van der Waals surface area contributed by atoms with Gasteiger partial charge in [0.15, 0.2) is 11.5 Å². The van der Waals surface area contributed by atoms with E-state index in [-0.39, 0.29) is 6.42 Å². The van der Waals surface area contributed by atoms with Crippen LogP contribution in [0.2, 0.25) is 0 Å². The molecule has 0 saturated heterocycles. The molecule has 1 unspecified atom stereocenters. The summed E-state index contributed by atoms with van der Waals surface area (Å²) < 4.78 is 48.0. The molecule has 1 aliphatic heterocycles. The monoisotopic (exact) mass is 404 g/mol. The van der Waals surface area contributed by atoms with Crippen LogP contribution in [0.15, 0.2) is 36.4 Å². The van der Waals surface area contributed by atoms with Gasteiger partial charge in [-0.25, -0.2) is 0 Å². The molecule has 2 aliphatic rings. The Hall–Kier alpha value is -2.17. The molecule has 2 aromatic rings. The lowest BCUT2D eigenvalue weighted by Gasteiger charge is -2.33. The van der Waals surface area contributed by atoms with Crippen LogP contribution in [0.25, 0.3) is 0 Å². The molecule has 0 amide bonds. The Balaban J connectivity index is 1.51. The molecule has 1 N–H and O–H groups in total. The van der Waals surface area contributed by atoms with E-state index in [2.05, 4.69) is 6.92 Å². The molecule has 1 atom stereocenters. The van der Waals surface area contributed by atoms with Crippen LogP contribution < -0.4 is 4.74 Å². The van der Waals surface area contributed by atoms with Crippen LogP contribution in [0, 0.1) is 11.7 Å². The fourth-order valence-electron chi connectivity index (χ4n) is 4.91. The molecule has 2 aromatic carbocycles. The average molecular weight is 404 g/mol.